The van der Waals surface area contributed by atoms with Gasteiger partial charge in [0, 0.05) is 6.54 Å². The number of carbonyl (C=O) groups is 1. The molecule has 1 saturated heterocycles. The second-order valence-corrected chi connectivity index (χ2v) is 4.89. The average molecular weight is 248 g/mol. The molecule has 3 N–H and O–H groups in total. The molecule has 0 aromatic heterocycles. The molecular formula is C14H20N2O2. The Morgan fingerprint density at radius 1 is 1.33 bits per heavy atom. The van der Waals surface area contributed by atoms with E-state index in [9.17, 15) is 4.79 Å². The van der Waals surface area contributed by atoms with Crippen molar-refractivity contribution in [1.82, 2.24) is 5.32 Å². The third-order valence-corrected chi connectivity index (χ3v) is 3.47. The molecule has 1 amide bonds. The van der Waals surface area contributed by atoms with Crippen molar-refractivity contribution in [2.24, 2.45) is 5.73 Å². The minimum atomic E-state index is -0.773. The largest absolute Gasteiger partial charge is 0.497 e. The summed E-state index contributed by atoms with van der Waals surface area (Å²) in [6, 6.07) is 7.72. The second kappa shape index (κ2) is 5.40. The number of carbonyl (C=O) groups excluding carboxylic acids is 1. The van der Waals surface area contributed by atoms with E-state index < -0.39 is 5.54 Å². The molecule has 2 rings (SSSR count). The molecule has 0 saturated carbocycles. The smallest absolute Gasteiger partial charge is 0.240 e. The molecule has 0 bridgehead atoms. The lowest BCUT2D eigenvalue weighted by atomic mass is 9.87. The number of hydrogen-bond donors (Lipinski definition) is 2. The number of nitrogens with two attached hydrogens (primary N) is 1. The Morgan fingerprint density at radius 3 is 2.72 bits per heavy atom. The van der Waals surface area contributed by atoms with E-state index in [1.807, 2.05) is 24.3 Å². The molecule has 1 aliphatic heterocycles. The van der Waals surface area contributed by atoms with Crippen LogP contribution in [0.4, 0.5) is 0 Å². The Balaban J connectivity index is 2.12. The van der Waals surface area contributed by atoms with E-state index in [4.69, 9.17) is 10.5 Å². The number of hydrogen-bond acceptors (Lipinski definition) is 3. The number of methoxy groups -OCH3 is 1. The van der Waals surface area contributed by atoms with E-state index in [0.717, 1.165) is 37.1 Å². The number of amides is 1. The molecule has 4 nitrogen and oxygen atoms in total. The molecule has 4 heteroatoms. The monoisotopic (exact) mass is 248 g/mol. The van der Waals surface area contributed by atoms with Gasteiger partial charge in [-0.25, -0.2) is 0 Å². The number of nitrogens with one attached hydrogen (secondary N) is 1. The summed E-state index contributed by atoms with van der Waals surface area (Å²) in [5.74, 6) is 0.783. The van der Waals surface area contributed by atoms with Crippen molar-refractivity contribution in [3.63, 3.8) is 0 Å². The summed E-state index contributed by atoms with van der Waals surface area (Å²) in [7, 11) is 1.64. The highest BCUT2D eigenvalue weighted by Crippen LogP contribution is 2.21. The molecule has 1 aromatic carbocycles. The maximum atomic E-state index is 12.0. The van der Waals surface area contributed by atoms with Gasteiger partial charge in [0.1, 0.15) is 5.75 Å². The van der Waals surface area contributed by atoms with Gasteiger partial charge in [-0.1, -0.05) is 12.1 Å². The number of ether oxygens (including phenoxy) is 1. The zero-order valence-electron chi connectivity index (χ0n) is 10.7. The summed E-state index contributed by atoms with van der Waals surface area (Å²) in [6.45, 7) is 0.737. The third kappa shape index (κ3) is 2.82. The van der Waals surface area contributed by atoms with Crippen LogP contribution in [0.1, 0.15) is 24.8 Å². The lowest BCUT2D eigenvalue weighted by Crippen LogP contribution is -2.54. The molecule has 0 aliphatic carbocycles. The molecule has 18 heavy (non-hydrogen) atoms. The molecule has 1 heterocycles. The van der Waals surface area contributed by atoms with E-state index in [1.165, 1.54) is 0 Å². The first-order chi connectivity index (χ1) is 8.64. The van der Waals surface area contributed by atoms with Gasteiger partial charge in [0.25, 0.3) is 0 Å². The van der Waals surface area contributed by atoms with Gasteiger partial charge in [0.15, 0.2) is 0 Å². The zero-order chi connectivity index (χ0) is 13.0. The minimum Gasteiger partial charge on any atom is -0.497 e. The van der Waals surface area contributed by atoms with E-state index in [1.54, 1.807) is 7.11 Å². The predicted molar refractivity (Wildman–Crippen MR) is 70.5 cm³/mol. The molecule has 1 aliphatic rings. The highest BCUT2D eigenvalue weighted by Gasteiger charge is 2.34. The Bertz CT molecular complexity index is 416. The highest BCUT2D eigenvalue weighted by atomic mass is 16.5. The van der Waals surface area contributed by atoms with Crippen LogP contribution in [-0.2, 0) is 11.2 Å². The number of benzene rings is 1. The van der Waals surface area contributed by atoms with Gasteiger partial charge in [-0.2, -0.15) is 0 Å². The van der Waals surface area contributed by atoms with Crippen LogP contribution in [0, 0.1) is 0 Å². The molecule has 0 radical (unpaired) electrons. The third-order valence-electron chi connectivity index (χ3n) is 3.47. The van der Waals surface area contributed by atoms with Crippen LogP contribution in [0.5, 0.6) is 5.75 Å². The first kappa shape index (κ1) is 12.9. The van der Waals surface area contributed by atoms with E-state index >= 15 is 0 Å². The van der Waals surface area contributed by atoms with Gasteiger partial charge in [0.2, 0.25) is 5.91 Å². The summed E-state index contributed by atoms with van der Waals surface area (Å²) in [5, 5.41) is 2.89. The summed E-state index contributed by atoms with van der Waals surface area (Å²) < 4.78 is 5.11. The minimum absolute atomic E-state index is 0.0316. The van der Waals surface area contributed by atoms with Crippen molar-refractivity contribution in [1.29, 1.82) is 0 Å². The SMILES string of the molecule is COc1ccc(CC2(N)CCCCNC2=O)cc1. The normalized spacial score (nSPS) is 24.2. The fraction of sp³-hybridized carbons (Fsp3) is 0.500. The fourth-order valence-corrected chi connectivity index (χ4v) is 2.33. The van der Waals surface area contributed by atoms with Gasteiger partial charge in [-0.3, -0.25) is 4.79 Å². The van der Waals surface area contributed by atoms with Gasteiger partial charge in [0.05, 0.1) is 12.6 Å². The maximum absolute atomic E-state index is 12.0. The first-order valence-electron chi connectivity index (χ1n) is 6.34. The first-order valence-corrected chi connectivity index (χ1v) is 6.34. The Morgan fingerprint density at radius 2 is 2.06 bits per heavy atom. The van der Waals surface area contributed by atoms with E-state index in [0.29, 0.717) is 6.42 Å². The fourth-order valence-electron chi connectivity index (χ4n) is 2.33. The summed E-state index contributed by atoms with van der Waals surface area (Å²) in [4.78, 5) is 12.0. The molecule has 1 fully saturated rings. The molecule has 1 atom stereocenters. The summed E-state index contributed by atoms with van der Waals surface area (Å²) >= 11 is 0. The molecule has 0 spiro atoms. The molecule has 1 unspecified atom stereocenters. The Kier molecular flexibility index (Phi) is 3.87. The van der Waals surface area contributed by atoms with Gasteiger partial charge in [-0.05, 0) is 43.4 Å². The average Bonchev–Trinajstić information content (AvgIpc) is 2.53. The Labute approximate surface area is 108 Å². The summed E-state index contributed by atoms with van der Waals surface area (Å²) in [5.41, 5.74) is 6.55. The lowest BCUT2D eigenvalue weighted by molar-refractivity contribution is -0.126. The van der Waals surface area contributed by atoms with Crippen LogP contribution >= 0.6 is 0 Å². The van der Waals surface area contributed by atoms with Crippen molar-refractivity contribution >= 4 is 5.91 Å². The van der Waals surface area contributed by atoms with Crippen molar-refractivity contribution in [3.05, 3.63) is 29.8 Å². The van der Waals surface area contributed by atoms with Crippen molar-refractivity contribution < 1.29 is 9.53 Å². The zero-order valence-corrected chi connectivity index (χ0v) is 10.7. The molecular weight excluding hydrogens is 228 g/mol. The van der Waals surface area contributed by atoms with Crippen LogP contribution in [-0.4, -0.2) is 25.1 Å². The van der Waals surface area contributed by atoms with Crippen LogP contribution in [0.3, 0.4) is 0 Å². The van der Waals surface area contributed by atoms with Gasteiger partial charge < -0.3 is 15.8 Å². The van der Waals surface area contributed by atoms with Crippen molar-refractivity contribution in [2.45, 2.75) is 31.2 Å². The Hall–Kier alpha value is -1.55. The van der Waals surface area contributed by atoms with E-state index in [-0.39, 0.29) is 5.91 Å². The van der Waals surface area contributed by atoms with Crippen LogP contribution in [0.2, 0.25) is 0 Å². The molecule has 1 aromatic rings. The molecule has 98 valence electrons. The van der Waals surface area contributed by atoms with Crippen molar-refractivity contribution in [2.75, 3.05) is 13.7 Å². The summed E-state index contributed by atoms with van der Waals surface area (Å²) in [6.07, 6.45) is 3.31. The van der Waals surface area contributed by atoms with E-state index in [2.05, 4.69) is 5.32 Å². The van der Waals surface area contributed by atoms with Crippen LogP contribution < -0.4 is 15.8 Å². The standard InChI is InChI=1S/C14H20N2O2/c1-18-12-6-4-11(5-7-12)10-14(15)8-2-3-9-16-13(14)17/h4-7H,2-3,8-10,15H2,1H3,(H,16,17). The topological polar surface area (TPSA) is 64.3 Å². The quantitative estimate of drug-likeness (QED) is 0.845. The second-order valence-electron chi connectivity index (χ2n) is 4.89. The lowest BCUT2D eigenvalue weighted by Gasteiger charge is -2.26. The maximum Gasteiger partial charge on any atom is 0.240 e. The number of rotatable bonds is 3. The highest BCUT2D eigenvalue weighted by molar-refractivity contribution is 5.86. The van der Waals surface area contributed by atoms with Crippen molar-refractivity contribution in [3.8, 4) is 5.75 Å². The van der Waals surface area contributed by atoms with Crippen LogP contribution in [0.15, 0.2) is 24.3 Å². The van der Waals surface area contributed by atoms with Gasteiger partial charge in [-0.15, -0.1) is 0 Å². The van der Waals surface area contributed by atoms with Gasteiger partial charge >= 0.3 is 0 Å². The van der Waals surface area contributed by atoms with Crippen LogP contribution in [0.25, 0.3) is 0 Å². The predicted octanol–water partition coefficient (Wildman–Crippen LogP) is 1.24.